The zero-order chi connectivity index (χ0) is 18.6. The smallest absolute Gasteiger partial charge is 0.254 e. The van der Waals surface area contributed by atoms with Crippen molar-refractivity contribution in [3.05, 3.63) is 101 Å². The molecule has 1 heterocycles. The largest absolute Gasteiger partial charge is 0.493 e. The molecule has 0 bridgehead atoms. The minimum atomic E-state index is 0.0526. The van der Waals surface area contributed by atoms with Crippen molar-refractivity contribution in [2.24, 2.45) is 0 Å². The normalized spacial score (nSPS) is 12.3. The number of carbonyl (C=O) groups is 1. The van der Waals surface area contributed by atoms with Crippen LogP contribution in [-0.2, 0) is 19.5 Å². The number of aryl methyl sites for hydroxylation is 1. The fourth-order valence-electron chi connectivity index (χ4n) is 3.50. The number of amides is 1. The lowest BCUT2D eigenvalue weighted by Gasteiger charge is -2.24. The highest BCUT2D eigenvalue weighted by molar-refractivity contribution is 5.94. The molecule has 0 fully saturated rings. The minimum Gasteiger partial charge on any atom is -0.493 e. The first-order valence-electron chi connectivity index (χ1n) is 9.34. The molecule has 0 aromatic heterocycles. The van der Waals surface area contributed by atoms with Gasteiger partial charge in [0.1, 0.15) is 5.75 Å². The molecule has 0 unspecified atom stereocenters. The summed E-state index contributed by atoms with van der Waals surface area (Å²) in [6.45, 7) is 3.97. The topological polar surface area (TPSA) is 29.5 Å². The summed E-state index contributed by atoms with van der Waals surface area (Å²) in [5.74, 6) is 0.955. The van der Waals surface area contributed by atoms with Crippen LogP contribution in [0.1, 0.15) is 32.6 Å². The zero-order valence-corrected chi connectivity index (χ0v) is 15.5. The summed E-state index contributed by atoms with van der Waals surface area (Å²) in [7, 11) is 0. The Hall–Kier alpha value is -3.07. The third kappa shape index (κ3) is 3.87. The van der Waals surface area contributed by atoms with Gasteiger partial charge in [-0.15, -0.1) is 0 Å². The van der Waals surface area contributed by atoms with E-state index in [-0.39, 0.29) is 5.91 Å². The third-order valence-corrected chi connectivity index (χ3v) is 5.06. The Morgan fingerprint density at radius 2 is 1.74 bits per heavy atom. The lowest BCUT2D eigenvalue weighted by atomic mass is 10.0. The molecule has 0 radical (unpaired) electrons. The Morgan fingerprint density at radius 1 is 0.963 bits per heavy atom. The number of nitrogens with zero attached hydrogens (tertiary/aromatic N) is 1. The summed E-state index contributed by atoms with van der Waals surface area (Å²) in [6.07, 6.45) is 0.868. The predicted molar refractivity (Wildman–Crippen MR) is 107 cm³/mol. The number of rotatable bonds is 5. The fraction of sp³-hybridized carbons (Fsp3) is 0.208. The molecular formula is C24H23NO2. The number of ether oxygens (including phenoxy) is 1. The molecule has 4 rings (SSSR count). The number of benzene rings is 3. The standard InChI is InChI=1S/C24H23NO2/c1-18-7-5-6-10-22(18)17-25(16-19-8-3-2-4-9-19)24(26)21-11-12-23-20(15-21)13-14-27-23/h2-12,15H,13-14,16-17H2,1H3. The molecule has 136 valence electrons. The molecule has 27 heavy (non-hydrogen) atoms. The van der Waals surface area contributed by atoms with Gasteiger partial charge in [-0.3, -0.25) is 4.79 Å². The van der Waals surface area contributed by atoms with E-state index >= 15 is 0 Å². The lowest BCUT2D eigenvalue weighted by Crippen LogP contribution is -2.30. The Morgan fingerprint density at radius 3 is 2.56 bits per heavy atom. The molecule has 0 aliphatic carbocycles. The van der Waals surface area contributed by atoms with E-state index in [1.165, 1.54) is 11.1 Å². The molecule has 3 nitrogen and oxygen atoms in total. The Balaban J connectivity index is 1.64. The van der Waals surface area contributed by atoms with Crippen LogP contribution in [0.25, 0.3) is 0 Å². The first-order valence-corrected chi connectivity index (χ1v) is 9.34. The van der Waals surface area contributed by atoms with Gasteiger partial charge in [0.2, 0.25) is 0 Å². The Bertz CT molecular complexity index is 950. The summed E-state index contributed by atoms with van der Waals surface area (Å²) >= 11 is 0. The van der Waals surface area contributed by atoms with Gasteiger partial charge in [0, 0.05) is 25.1 Å². The molecule has 0 atom stereocenters. The minimum absolute atomic E-state index is 0.0526. The quantitative estimate of drug-likeness (QED) is 0.658. The zero-order valence-electron chi connectivity index (χ0n) is 15.5. The van der Waals surface area contributed by atoms with E-state index < -0.39 is 0 Å². The van der Waals surface area contributed by atoms with E-state index in [2.05, 4.69) is 31.2 Å². The monoisotopic (exact) mass is 357 g/mol. The van der Waals surface area contributed by atoms with Gasteiger partial charge >= 0.3 is 0 Å². The number of carbonyl (C=O) groups excluding carboxylic acids is 1. The maximum absolute atomic E-state index is 13.3. The van der Waals surface area contributed by atoms with Crippen LogP contribution in [0.4, 0.5) is 0 Å². The molecule has 1 aliphatic heterocycles. The van der Waals surface area contributed by atoms with Crippen molar-refractivity contribution in [1.29, 1.82) is 0 Å². The van der Waals surface area contributed by atoms with Gasteiger partial charge in [0.05, 0.1) is 6.61 Å². The van der Waals surface area contributed by atoms with Gasteiger partial charge in [0.25, 0.3) is 5.91 Å². The molecule has 3 heteroatoms. The van der Waals surface area contributed by atoms with Crippen LogP contribution in [0.5, 0.6) is 5.75 Å². The van der Waals surface area contributed by atoms with Gasteiger partial charge < -0.3 is 9.64 Å². The Kier molecular flexibility index (Phi) is 4.93. The summed E-state index contributed by atoms with van der Waals surface area (Å²) in [5.41, 5.74) is 5.35. The van der Waals surface area contributed by atoms with Crippen LogP contribution in [0.3, 0.4) is 0 Å². The van der Waals surface area contributed by atoms with Gasteiger partial charge in [-0.25, -0.2) is 0 Å². The summed E-state index contributed by atoms with van der Waals surface area (Å²) in [5, 5.41) is 0. The molecular weight excluding hydrogens is 334 g/mol. The highest BCUT2D eigenvalue weighted by atomic mass is 16.5. The van der Waals surface area contributed by atoms with Gasteiger partial charge in [-0.2, -0.15) is 0 Å². The van der Waals surface area contributed by atoms with E-state index in [0.717, 1.165) is 28.9 Å². The maximum Gasteiger partial charge on any atom is 0.254 e. The molecule has 0 saturated heterocycles. The lowest BCUT2D eigenvalue weighted by molar-refractivity contribution is 0.0729. The third-order valence-electron chi connectivity index (χ3n) is 5.06. The van der Waals surface area contributed by atoms with Gasteiger partial charge in [-0.1, -0.05) is 54.6 Å². The molecule has 3 aromatic rings. The Labute approximate surface area is 160 Å². The summed E-state index contributed by atoms with van der Waals surface area (Å²) < 4.78 is 5.58. The van der Waals surface area contributed by atoms with Crippen LogP contribution in [-0.4, -0.2) is 17.4 Å². The SMILES string of the molecule is Cc1ccccc1CN(Cc1ccccc1)C(=O)c1ccc2c(c1)CCO2. The average Bonchev–Trinajstić information content (AvgIpc) is 3.17. The van der Waals surface area contributed by atoms with Crippen molar-refractivity contribution in [3.63, 3.8) is 0 Å². The molecule has 1 amide bonds. The van der Waals surface area contributed by atoms with E-state index in [4.69, 9.17) is 4.74 Å². The number of hydrogen-bond acceptors (Lipinski definition) is 2. The second-order valence-electron chi connectivity index (χ2n) is 6.99. The van der Waals surface area contributed by atoms with Crippen LogP contribution in [0.15, 0.2) is 72.8 Å². The van der Waals surface area contributed by atoms with Crippen LogP contribution in [0.2, 0.25) is 0 Å². The average molecular weight is 357 g/mol. The molecule has 0 N–H and O–H groups in total. The van der Waals surface area contributed by atoms with Crippen molar-refractivity contribution < 1.29 is 9.53 Å². The number of fused-ring (bicyclic) bond motifs is 1. The maximum atomic E-state index is 13.3. The highest BCUT2D eigenvalue weighted by Gasteiger charge is 2.20. The van der Waals surface area contributed by atoms with Crippen molar-refractivity contribution in [2.45, 2.75) is 26.4 Å². The van der Waals surface area contributed by atoms with Gasteiger partial charge in [0.15, 0.2) is 0 Å². The van der Waals surface area contributed by atoms with E-state index in [1.807, 2.05) is 53.4 Å². The second kappa shape index (κ2) is 7.67. The van der Waals surface area contributed by atoms with Crippen molar-refractivity contribution in [1.82, 2.24) is 4.90 Å². The predicted octanol–water partition coefficient (Wildman–Crippen LogP) is 4.77. The van der Waals surface area contributed by atoms with Crippen molar-refractivity contribution in [2.75, 3.05) is 6.61 Å². The molecule has 0 spiro atoms. The van der Waals surface area contributed by atoms with Crippen LogP contribution >= 0.6 is 0 Å². The number of hydrogen-bond donors (Lipinski definition) is 0. The molecule has 0 saturated carbocycles. The first-order chi connectivity index (χ1) is 13.2. The fourth-order valence-corrected chi connectivity index (χ4v) is 3.50. The molecule has 3 aromatic carbocycles. The highest BCUT2D eigenvalue weighted by Crippen LogP contribution is 2.27. The van der Waals surface area contributed by atoms with E-state index in [1.54, 1.807) is 0 Å². The van der Waals surface area contributed by atoms with Gasteiger partial charge in [-0.05, 0) is 47.4 Å². The summed E-state index contributed by atoms with van der Waals surface area (Å²) in [4.78, 5) is 15.3. The van der Waals surface area contributed by atoms with E-state index in [0.29, 0.717) is 19.7 Å². The van der Waals surface area contributed by atoms with Crippen LogP contribution in [0, 0.1) is 6.92 Å². The van der Waals surface area contributed by atoms with E-state index in [9.17, 15) is 4.79 Å². The second-order valence-corrected chi connectivity index (χ2v) is 6.99. The summed E-state index contributed by atoms with van der Waals surface area (Å²) in [6, 6.07) is 24.2. The van der Waals surface area contributed by atoms with Crippen molar-refractivity contribution >= 4 is 5.91 Å². The van der Waals surface area contributed by atoms with Crippen molar-refractivity contribution in [3.8, 4) is 5.75 Å². The van der Waals surface area contributed by atoms with Crippen LogP contribution < -0.4 is 4.74 Å². The molecule has 1 aliphatic rings. The first kappa shape index (κ1) is 17.3.